The Kier molecular flexibility index (Phi) is 2.72. The molecule has 0 aliphatic rings. The van der Waals surface area contributed by atoms with E-state index in [0.29, 0.717) is 5.01 Å². The first-order valence-corrected chi connectivity index (χ1v) is 5.19. The minimum absolute atomic E-state index is 0.652. The Morgan fingerprint density at radius 1 is 1.75 bits per heavy atom. The molecule has 3 nitrogen and oxygen atoms in total. The van der Waals surface area contributed by atoms with Gasteiger partial charge >= 0.3 is 5.97 Å². The van der Waals surface area contributed by atoms with Crippen molar-refractivity contribution in [2.75, 3.05) is 0 Å². The number of carboxylic acids is 1. The molecule has 0 aliphatic carbocycles. The Morgan fingerprint density at radius 3 is 2.67 bits per heavy atom. The largest absolute Gasteiger partial charge is 0.481 e. The number of carbonyl (C=O) groups is 1. The maximum atomic E-state index is 10.8. The normalized spacial score (nSPS) is 11.6. The van der Waals surface area contributed by atoms with Crippen LogP contribution in [0, 0.1) is 2.88 Å². The molecule has 1 heterocycles. The highest BCUT2D eigenvalue weighted by atomic mass is 127. The van der Waals surface area contributed by atoms with Crippen LogP contribution < -0.4 is 0 Å². The molecule has 0 fully saturated rings. The molecular weight excluding hydrogens is 289 g/mol. The summed E-state index contributed by atoms with van der Waals surface area (Å²) in [6, 6.07) is 0. The zero-order valence-electron chi connectivity index (χ0n) is 6.67. The number of halogens is 1. The highest BCUT2D eigenvalue weighted by Crippen LogP contribution is 2.28. The Bertz CT molecular complexity index is 308. The first kappa shape index (κ1) is 9.91. The molecule has 66 valence electrons. The lowest BCUT2D eigenvalue weighted by Crippen LogP contribution is -2.28. The van der Waals surface area contributed by atoms with Crippen LogP contribution in [0.4, 0.5) is 0 Å². The SMILES string of the molecule is CC(C)(C(=O)O)c1ncc(I)s1. The third kappa shape index (κ3) is 1.77. The highest BCUT2D eigenvalue weighted by Gasteiger charge is 2.32. The second-order valence-electron chi connectivity index (χ2n) is 2.90. The van der Waals surface area contributed by atoms with E-state index in [0.717, 1.165) is 2.88 Å². The summed E-state index contributed by atoms with van der Waals surface area (Å²) in [6.45, 7) is 3.31. The van der Waals surface area contributed by atoms with Crippen molar-refractivity contribution < 1.29 is 9.90 Å². The maximum absolute atomic E-state index is 10.8. The molecule has 0 saturated carbocycles. The fourth-order valence-corrected chi connectivity index (χ4v) is 2.14. The summed E-state index contributed by atoms with van der Waals surface area (Å²) in [5.41, 5.74) is -0.867. The summed E-state index contributed by atoms with van der Waals surface area (Å²) in [5.74, 6) is -0.840. The van der Waals surface area contributed by atoms with Crippen LogP contribution in [0.5, 0.6) is 0 Å². The number of aliphatic carboxylic acids is 1. The van der Waals surface area contributed by atoms with Gasteiger partial charge in [0.1, 0.15) is 10.4 Å². The minimum atomic E-state index is -0.867. The molecule has 0 radical (unpaired) electrons. The molecule has 1 aromatic rings. The van der Waals surface area contributed by atoms with E-state index in [4.69, 9.17) is 5.11 Å². The lowest BCUT2D eigenvalue weighted by atomic mass is 9.95. The quantitative estimate of drug-likeness (QED) is 0.851. The predicted molar refractivity (Wildman–Crippen MR) is 55.5 cm³/mol. The molecule has 1 rings (SSSR count). The second kappa shape index (κ2) is 3.29. The average Bonchev–Trinajstić information content (AvgIpc) is 2.35. The van der Waals surface area contributed by atoms with Crippen molar-refractivity contribution in [2.45, 2.75) is 19.3 Å². The van der Waals surface area contributed by atoms with Gasteiger partial charge in [0, 0.05) is 0 Å². The summed E-state index contributed by atoms with van der Waals surface area (Å²) in [5, 5.41) is 9.52. The van der Waals surface area contributed by atoms with E-state index in [1.165, 1.54) is 11.3 Å². The second-order valence-corrected chi connectivity index (χ2v) is 5.82. The number of carboxylic acid groups (broad SMARTS) is 1. The Hall–Kier alpha value is -0.170. The molecule has 0 aliphatic heterocycles. The number of aromatic nitrogens is 1. The first-order chi connectivity index (χ1) is 5.44. The van der Waals surface area contributed by atoms with E-state index in [1.54, 1.807) is 20.0 Å². The van der Waals surface area contributed by atoms with Crippen molar-refractivity contribution in [2.24, 2.45) is 0 Å². The molecule has 0 aromatic carbocycles. The Balaban J connectivity index is 3.05. The molecule has 5 heteroatoms. The Morgan fingerprint density at radius 2 is 2.33 bits per heavy atom. The fraction of sp³-hybridized carbons (Fsp3) is 0.429. The monoisotopic (exact) mass is 297 g/mol. The van der Waals surface area contributed by atoms with E-state index in [2.05, 4.69) is 27.6 Å². The van der Waals surface area contributed by atoms with Gasteiger partial charge in [-0.05, 0) is 36.4 Å². The van der Waals surface area contributed by atoms with E-state index in [-0.39, 0.29) is 0 Å². The molecule has 0 bridgehead atoms. The van der Waals surface area contributed by atoms with E-state index in [9.17, 15) is 4.79 Å². The fourth-order valence-electron chi connectivity index (χ4n) is 0.635. The van der Waals surface area contributed by atoms with Crippen LogP contribution in [-0.2, 0) is 10.2 Å². The van der Waals surface area contributed by atoms with Crippen LogP contribution in [0.15, 0.2) is 6.20 Å². The summed E-state index contributed by atoms with van der Waals surface area (Å²) >= 11 is 3.54. The molecule has 0 unspecified atom stereocenters. The molecule has 1 N–H and O–H groups in total. The first-order valence-electron chi connectivity index (χ1n) is 3.30. The minimum Gasteiger partial charge on any atom is -0.481 e. The van der Waals surface area contributed by atoms with Gasteiger partial charge in [0.25, 0.3) is 0 Å². The molecule has 12 heavy (non-hydrogen) atoms. The Labute approximate surface area is 88.0 Å². The van der Waals surface area contributed by atoms with Crippen molar-refractivity contribution in [1.82, 2.24) is 4.98 Å². The van der Waals surface area contributed by atoms with E-state index >= 15 is 0 Å². The van der Waals surface area contributed by atoms with Gasteiger partial charge < -0.3 is 5.11 Å². The van der Waals surface area contributed by atoms with Gasteiger partial charge in [0.15, 0.2) is 0 Å². The third-order valence-electron chi connectivity index (χ3n) is 1.55. The number of rotatable bonds is 2. The predicted octanol–water partition coefficient (Wildman–Crippen LogP) is 2.11. The highest BCUT2D eigenvalue weighted by molar-refractivity contribution is 14.1. The zero-order chi connectivity index (χ0) is 9.35. The summed E-state index contributed by atoms with van der Waals surface area (Å²) in [4.78, 5) is 14.8. The van der Waals surface area contributed by atoms with Crippen molar-refractivity contribution in [3.63, 3.8) is 0 Å². The van der Waals surface area contributed by atoms with Gasteiger partial charge in [0.05, 0.1) is 9.08 Å². The molecule has 0 spiro atoms. The smallest absolute Gasteiger partial charge is 0.316 e. The number of hydrogen-bond acceptors (Lipinski definition) is 3. The van der Waals surface area contributed by atoms with Gasteiger partial charge in [-0.1, -0.05) is 0 Å². The van der Waals surface area contributed by atoms with Crippen molar-refractivity contribution >= 4 is 39.9 Å². The maximum Gasteiger partial charge on any atom is 0.316 e. The lowest BCUT2D eigenvalue weighted by molar-refractivity contribution is -0.142. The van der Waals surface area contributed by atoms with Crippen LogP contribution in [0.2, 0.25) is 0 Å². The molecule has 0 saturated heterocycles. The summed E-state index contributed by atoms with van der Waals surface area (Å²) in [6.07, 6.45) is 1.69. The average molecular weight is 297 g/mol. The number of nitrogens with zero attached hydrogens (tertiary/aromatic N) is 1. The lowest BCUT2D eigenvalue weighted by Gasteiger charge is -2.14. The molecule has 0 atom stereocenters. The van der Waals surface area contributed by atoms with Crippen molar-refractivity contribution in [3.8, 4) is 0 Å². The van der Waals surface area contributed by atoms with Crippen LogP contribution >= 0.6 is 33.9 Å². The number of hydrogen-bond donors (Lipinski definition) is 1. The molecule has 1 aromatic heterocycles. The van der Waals surface area contributed by atoms with Gasteiger partial charge in [-0.15, -0.1) is 11.3 Å². The third-order valence-corrected chi connectivity index (χ3v) is 3.60. The van der Waals surface area contributed by atoms with Crippen LogP contribution in [-0.4, -0.2) is 16.1 Å². The van der Waals surface area contributed by atoms with E-state index < -0.39 is 11.4 Å². The zero-order valence-corrected chi connectivity index (χ0v) is 9.64. The molecule has 0 amide bonds. The summed E-state index contributed by atoms with van der Waals surface area (Å²) < 4.78 is 1.01. The summed E-state index contributed by atoms with van der Waals surface area (Å²) in [7, 11) is 0. The van der Waals surface area contributed by atoms with Gasteiger partial charge in [-0.2, -0.15) is 0 Å². The van der Waals surface area contributed by atoms with E-state index in [1.807, 2.05) is 0 Å². The topological polar surface area (TPSA) is 50.2 Å². The van der Waals surface area contributed by atoms with Crippen molar-refractivity contribution in [1.29, 1.82) is 0 Å². The van der Waals surface area contributed by atoms with Gasteiger partial charge in [-0.3, -0.25) is 4.79 Å². The molecular formula is C7H8INO2S. The van der Waals surface area contributed by atoms with Crippen LogP contribution in [0.3, 0.4) is 0 Å². The van der Waals surface area contributed by atoms with Crippen LogP contribution in [0.25, 0.3) is 0 Å². The standard InChI is InChI=1S/C7H8INO2S/c1-7(2,6(10)11)5-9-3-4(8)12-5/h3H,1-2H3,(H,10,11). The number of thiazole rings is 1. The van der Waals surface area contributed by atoms with Crippen LogP contribution in [0.1, 0.15) is 18.9 Å². The van der Waals surface area contributed by atoms with Gasteiger partial charge in [-0.25, -0.2) is 4.98 Å². The van der Waals surface area contributed by atoms with Crippen molar-refractivity contribution in [3.05, 3.63) is 14.1 Å². The van der Waals surface area contributed by atoms with Gasteiger partial charge in [0.2, 0.25) is 0 Å².